The Morgan fingerprint density at radius 1 is 1.03 bits per heavy atom. The monoisotopic (exact) mass is 426 g/mol. The summed E-state index contributed by atoms with van der Waals surface area (Å²) in [5.74, 6) is 0.131. The van der Waals surface area contributed by atoms with Gasteiger partial charge in [-0.2, -0.15) is 8.78 Å². The van der Waals surface area contributed by atoms with Gasteiger partial charge in [-0.05, 0) is 48.0 Å². The molecule has 0 unspecified atom stereocenters. The van der Waals surface area contributed by atoms with Gasteiger partial charge in [0.15, 0.2) is 0 Å². The van der Waals surface area contributed by atoms with Gasteiger partial charge in [0.2, 0.25) is 15.9 Å². The van der Waals surface area contributed by atoms with Gasteiger partial charge in [0.05, 0.1) is 12.0 Å². The number of methoxy groups -OCH3 is 1. The maximum absolute atomic E-state index is 12.1. The lowest BCUT2D eigenvalue weighted by Gasteiger charge is -2.08. The average molecular weight is 426 g/mol. The van der Waals surface area contributed by atoms with Gasteiger partial charge in [0.25, 0.3) is 0 Å². The van der Waals surface area contributed by atoms with Gasteiger partial charge in [-0.15, -0.1) is 0 Å². The normalized spacial score (nSPS) is 11.6. The van der Waals surface area contributed by atoms with E-state index in [-0.39, 0.29) is 23.7 Å². The first-order chi connectivity index (χ1) is 13.8. The lowest BCUT2D eigenvalue weighted by atomic mass is 10.2. The Morgan fingerprint density at radius 2 is 1.66 bits per heavy atom. The minimum Gasteiger partial charge on any atom is -0.497 e. The number of carbonyl (C=O) groups excluding carboxylic acids is 1. The van der Waals surface area contributed by atoms with Crippen molar-refractivity contribution in [1.82, 2.24) is 10.0 Å². The van der Waals surface area contributed by atoms with Crippen LogP contribution in [0.25, 0.3) is 6.08 Å². The molecule has 0 saturated heterocycles. The van der Waals surface area contributed by atoms with Crippen molar-refractivity contribution < 1.29 is 31.5 Å². The van der Waals surface area contributed by atoms with Crippen molar-refractivity contribution in [3.05, 3.63) is 60.2 Å². The molecule has 0 bridgehead atoms. The molecule has 2 N–H and O–H groups in total. The van der Waals surface area contributed by atoms with Crippen LogP contribution in [0.15, 0.2) is 59.5 Å². The number of ether oxygens (including phenoxy) is 2. The molecule has 10 heteroatoms. The summed E-state index contributed by atoms with van der Waals surface area (Å²) in [6.45, 7) is -2.81. The predicted molar refractivity (Wildman–Crippen MR) is 103 cm³/mol. The van der Waals surface area contributed by atoms with Crippen LogP contribution >= 0.6 is 0 Å². The van der Waals surface area contributed by atoms with Gasteiger partial charge < -0.3 is 14.8 Å². The highest BCUT2D eigenvalue weighted by Crippen LogP contribution is 2.16. The van der Waals surface area contributed by atoms with Crippen molar-refractivity contribution in [2.75, 3.05) is 20.2 Å². The van der Waals surface area contributed by atoms with Crippen LogP contribution in [0.3, 0.4) is 0 Å². The Bertz CT molecular complexity index is 930. The molecule has 0 spiro atoms. The molecule has 0 aliphatic rings. The molecule has 7 nitrogen and oxygen atoms in total. The van der Waals surface area contributed by atoms with E-state index in [2.05, 4.69) is 14.8 Å². The van der Waals surface area contributed by atoms with Crippen LogP contribution in [0.4, 0.5) is 8.78 Å². The highest BCUT2D eigenvalue weighted by Gasteiger charge is 2.13. The fourth-order valence-electron chi connectivity index (χ4n) is 2.20. The van der Waals surface area contributed by atoms with Crippen LogP contribution in [0, 0.1) is 0 Å². The SMILES string of the molecule is COc1ccc(S(=O)(=O)NCCNC(=O)/C=C/c2ccc(OC(F)F)cc2)cc1. The minimum atomic E-state index is -3.69. The van der Waals surface area contributed by atoms with E-state index in [1.165, 1.54) is 67.8 Å². The van der Waals surface area contributed by atoms with E-state index >= 15 is 0 Å². The number of benzene rings is 2. The number of hydrogen-bond donors (Lipinski definition) is 2. The van der Waals surface area contributed by atoms with Gasteiger partial charge in [-0.3, -0.25) is 4.79 Å². The fraction of sp³-hybridized carbons (Fsp3) is 0.211. The zero-order valence-electron chi connectivity index (χ0n) is 15.5. The molecule has 0 aromatic heterocycles. The van der Waals surface area contributed by atoms with Crippen molar-refractivity contribution in [1.29, 1.82) is 0 Å². The molecule has 1 amide bonds. The van der Waals surface area contributed by atoms with Crippen molar-refractivity contribution >= 4 is 22.0 Å². The van der Waals surface area contributed by atoms with E-state index in [1.807, 2.05) is 0 Å². The van der Waals surface area contributed by atoms with Crippen molar-refractivity contribution in [3.8, 4) is 11.5 Å². The smallest absolute Gasteiger partial charge is 0.387 e. The lowest BCUT2D eigenvalue weighted by Crippen LogP contribution is -2.34. The Hall–Kier alpha value is -2.98. The number of hydrogen-bond acceptors (Lipinski definition) is 5. The number of sulfonamides is 1. The van der Waals surface area contributed by atoms with Gasteiger partial charge in [0.1, 0.15) is 11.5 Å². The molecule has 0 fully saturated rings. The molecule has 0 aliphatic carbocycles. The van der Waals surface area contributed by atoms with Crippen molar-refractivity contribution in [2.24, 2.45) is 0 Å². The largest absolute Gasteiger partial charge is 0.497 e. The number of amides is 1. The first-order valence-electron chi connectivity index (χ1n) is 8.44. The Balaban J connectivity index is 1.76. The first kappa shape index (κ1) is 22.3. The second-order valence-corrected chi connectivity index (χ2v) is 7.41. The molecular formula is C19H20F2N2O5S. The zero-order chi connectivity index (χ0) is 21.3. The van der Waals surface area contributed by atoms with Gasteiger partial charge in [-0.1, -0.05) is 12.1 Å². The average Bonchev–Trinajstić information content (AvgIpc) is 2.70. The number of carbonyl (C=O) groups is 1. The number of rotatable bonds is 10. The third-order valence-electron chi connectivity index (χ3n) is 3.62. The van der Waals surface area contributed by atoms with E-state index in [4.69, 9.17) is 4.74 Å². The second-order valence-electron chi connectivity index (χ2n) is 5.65. The Labute approximate surface area is 167 Å². The quantitative estimate of drug-likeness (QED) is 0.450. The van der Waals surface area contributed by atoms with Gasteiger partial charge >= 0.3 is 6.61 Å². The minimum absolute atomic E-state index is 0.00755. The zero-order valence-corrected chi connectivity index (χ0v) is 16.3. The summed E-state index contributed by atoms with van der Waals surface area (Å²) in [6, 6.07) is 11.7. The maximum Gasteiger partial charge on any atom is 0.387 e. The molecular weight excluding hydrogens is 406 g/mol. The van der Waals surface area contributed by atoms with E-state index in [9.17, 15) is 22.0 Å². The third kappa shape index (κ3) is 7.51. The lowest BCUT2D eigenvalue weighted by molar-refractivity contribution is -0.116. The number of halogens is 2. The van der Waals surface area contributed by atoms with Crippen LogP contribution < -0.4 is 19.5 Å². The number of alkyl halides is 2. The van der Waals surface area contributed by atoms with Crippen molar-refractivity contribution in [3.63, 3.8) is 0 Å². The maximum atomic E-state index is 12.1. The molecule has 2 aromatic carbocycles. The van der Waals surface area contributed by atoms with Crippen LogP contribution in [-0.2, 0) is 14.8 Å². The predicted octanol–water partition coefficient (Wildman–Crippen LogP) is 2.40. The van der Waals surface area contributed by atoms with Crippen LogP contribution in [0.2, 0.25) is 0 Å². The summed E-state index contributed by atoms with van der Waals surface area (Å²) >= 11 is 0. The van der Waals surface area contributed by atoms with E-state index in [1.54, 1.807) is 0 Å². The topological polar surface area (TPSA) is 93.7 Å². The summed E-state index contributed by atoms with van der Waals surface area (Å²) in [6.07, 6.45) is 2.74. The molecule has 0 saturated carbocycles. The second kappa shape index (κ2) is 10.5. The van der Waals surface area contributed by atoms with E-state index in [0.29, 0.717) is 11.3 Å². The first-order valence-corrected chi connectivity index (χ1v) is 9.93. The van der Waals surface area contributed by atoms with Crippen LogP contribution in [-0.4, -0.2) is 41.1 Å². The van der Waals surface area contributed by atoms with Crippen LogP contribution in [0.1, 0.15) is 5.56 Å². The molecule has 29 heavy (non-hydrogen) atoms. The Morgan fingerprint density at radius 3 is 2.24 bits per heavy atom. The summed E-state index contributed by atoms with van der Waals surface area (Å²) in [5.41, 5.74) is 0.613. The van der Waals surface area contributed by atoms with Gasteiger partial charge in [-0.25, -0.2) is 13.1 Å². The molecule has 156 valence electrons. The summed E-state index contributed by atoms with van der Waals surface area (Å²) in [4.78, 5) is 11.9. The molecule has 0 atom stereocenters. The molecule has 2 aromatic rings. The third-order valence-corrected chi connectivity index (χ3v) is 5.10. The summed E-state index contributed by atoms with van der Waals surface area (Å²) in [5, 5.41) is 2.54. The van der Waals surface area contributed by atoms with Crippen LogP contribution in [0.5, 0.6) is 11.5 Å². The van der Waals surface area contributed by atoms with Crippen molar-refractivity contribution in [2.45, 2.75) is 11.5 Å². The highest BCUT2D eigenvalue weighted by atomic mass is 32.2. The van der Waals surface area contributed by atoms with E-state index in [0.717, 1.165) is 0 Å². The molecule has 0 aliphatic heterocycles. The molecule has 2 rings (SSSR count). The number of nitrogens with one attached hydrogen (secondary N) is 2. The summed E-state index contributed by atoms with van der Waals surface area (Å²) < 4.78 is 60.1. The summed E-state index contributed by atoms with van der Waals surface area (Å²) in [7, 11) is -2.21. The Kier molecular flexibility index (Phi) is 8.10. The molecule has 0 radical (unpaired) electrons. The standard InChI is InChI=1S/C19H20F2N2O5S/c1-27-15-7-9-17(10-8-15)29(25,26)23-13-12-22-18(24)11-4-14-2-5-16(6-3-14)28-19(20)21/h2-11,19,23H,12-13H2,1H3,(H,22,24)/b11-4+. The highest BCUT2D eigenvalue weighted by molar-refractivity contribution is 7.89. The van der Waals surface area contributed by atoms with Gasteiger partial charge in [0, 0.05) is 19.2 Å². The van der Waals surface area contributed by atoms with E-state index < -0.39 is 22.5 Å². The molecule has 0 heterocycles. The fourth-order valence-corrected chi connectivity index (χ4v) is 3.23.